The second kappa shape index (κ2) is 17.6. The van der Waals surface area contributed by atoms with Gasteiger partial charge in [0.05, 0.1) is 24.7 Å². The van der Waals surface area contributed by atoms with Crippen LogP contribution in [-0.4, -0.2) is 74.0 Å². The summed E-state index contributed by atoms with van der Waals surface area (Å²) in [6.07, 6.45) is -5.61. The number of benzene rings is 4. The van der Waals surface area contributed by atoms with E-state index < -0.39 is 59.7 Å². The number of para-hydroxylation sites is 1. The summed E-state index contributed by atoms with van der Waals surface area (Å²) in [5.41, 5.74) is 4.81. The van der Waals surface area contributed by atoms with Crippen molar-refractivity contribution in [1.29, 1.82) is 0 Å². The van der Waals surface area contributed by atoms with E-state index in [-0.39, 0.29) is 33.9 Å². The van der Waals surface area contributed by atoms with E-state index in [0.29, 0.717) is 24.2 Å². The van der Waals surface area contributed by atoms with Crippen molar-refractivity contribution in [3.05, 3.63) is 120 Å². The van der Waals surface area contributed by atoms with Crippen LogP contribution in [0, 0.1) is 11.7 Å². The summed E-state index contributed by atoms with van der Waals surface area (Å²) in [6.45, 7) is 21.5. The summed E-state index contributed by atoms with van der Waals surface area (Å²) >= 11 is 0. The predicted octanol–water partition coefficient (Wildman–Crippen LogP) is 9.64. The van der Waals surface area contributed by atoms with Crippen LogP contribution in [0.25, 0.3) is 11.1 Å². The normalized spacial score (nSPS) is 24.6. The van der Waals surface area contributed by atoms with Crippen molar-refractivity contribution in [3.8, 4) is 16.9 Å². The van der Waals surface area contributed by atoms with Gasteiger partial charge in [-0.1, -0.05) is 102 Å². The number of nitrogens with zero attached hydrogens (tertiary/aromatic N) is 1. The molecule has 0 bridgehead atoms. The van der Waals surface area contributed by atoms with Gasteiger partial charge in [-0.3, -0.25) is 4.79 Å². The second-order valence-electron chi connectivity index (χ2n) is 19.6. The molecule has 4 N–H and O–H groups in total. The molecule has 4 aromatic carbocycles. The van der Waals surface area contributed by atoms with E-state index in [2.05, 4.69) is 73.8 Å². The molecule has 12 heteroatoms. The number of carbonyl (C=O) groups is 1. The SMILES string of the molecule is CC(C)(C)[Si](C)(C)Oc1cc(-c2cccc([C@@H]3O[C@H](CO)[C@@H](O)[C@H](O)[C@H]3O)c2)ccc1[C@@H]1[C@@H](CC[C@H](O[Si](C)(C)C(C)(C)C)c2ccc(F)cc2)C(=O)N1c1ccccc1. The molecule has 2 saturated heterocycles. The van der Waals surface area contributed by atoms with Crippen molar-refractivity contribution in [2.75, 3.05) is 11.5 Å². The van der Waals surface area contributed by atoms with Gasteiger partial charge in [-0.2, -0.15) is 0 Å². The number of amides is 1. The van der Waals surface area contributed by atoms with Gasteiger partial charge in [-0.05, 0) is 108 Å². The van der Waals surface area contributed by atoms with Gasteiger partial charge in [-0.15, -0.1) is 0 Å². The molecule has 60 heavy (non-hydrogen) atoms. The average Bonchev–Trinajstić information content (AvgIpc) is 3.18. The van der Waals surface area contributed by atoms with Gasteiger partial charge < -0.3 is 38.9 Å². The number of aliphatic hydroxyl groups is 4. The minimum atomic E-state index is -2.46. The Hall–Kier alpha value is -3.73. The number of hydrogen-bond acceptors (Lipinski definition) is 8. The highest BCUT2D eigenvalue weighted by atomic mass is 28.4. The molecule has 0 unspecified atom stereocenters. The van der Waals surface area contributed by atoms with E-state index in [9.17, 15) is 29.6 Å². The van der Waals surface area contributed by atoms with Gasteiger partial charge >= 0.3 is 0 Å². The fourth-order valence-electron chi connectivity index (χ4n) is 7.64. The third kappa shape index (κ3) is 9.36. The maximum atomic E-state index is 14.5. The van der Waals surface area contributed by atoms with Crippen LogP contribution in [0.1, 0.15) is 89.3 Å². The molecule has 2 aliphatic rings. The van der Waals surface area contributed by atoms with Crippen LogP contribution in [0.4, 0.5) is 10.1 Å². The average molecular weight is 858 g/mol. The van der Waals surface area contributed by atoms with E-state index in [4.69, 9.17) is 13.6 Å². The van der Waals surface area contributed by atoms with Crippen molar-refractivity contribution in [2.45, 2.75) is 133 Å². The van der Waals surface area contributed by atoms with Crippen molar-refractivity contribution in [3.63, 3.8) is 0 Å². The predicted molar refractivity (Wildman–Crippen MR) is 239 cm³/mol. The number of anilines is 1. The zero-order chi connectivity index (χ0) is 43.9. The standard InChI is InChI=1S/C48H64FNO8Si2/c1-47(2,3)59(7,8)57-38(30-19-22-34(49)23-20-30)26-25-37-41(50(46(37)55)35-17-12-11-13-18-35)36-24-21-32(28-39(36)58-60(9,10)48(4,5)6)31-15-14-16-33(27-31)45-44(54)43(53)42(52)40(29-51)56-45/h11-24,27-28,37-38,40-45,51-54H,25-26,29H2,1-10H3/t37-,38+,40-,41-,42-,43+,44-,45+/m1/s1. The highest BCUT2D eigenvalue weighted by molar-refractivity contribution is 6.75. The molecule has 4 aromatic rings. The molecular formula is C48H64FNO8Si2. The lowest BCUT2D eigenvalue weighted by molar-refractivity contribution is -0.231. The molecule has 2 heterocycles. The first-order valence-corrected chi connectivity index (χ1v) is 26.9. The van der Waals surface area contributed by atoms with Crippen LogP contribution >= 0.6 is 0 Å². The van der Waals surface area contributed by atoms with Crippen LogP contribution in [-0.2, 0) is 14.0 Å². The molecule has 2 fully saturated rings. The Kier molecular flexibility index (Phi) is 13.4. The fraction of sp³-hybridized carbons (Fsp3) is 0.479. The number of hydrogen-bond donors (Lipinski definition) is 4. The maximum absolute atomic E-state index is 14.5. The Balaban J connectivity index is 1.41. The molecule has 2 aliphatic heterocycles. The topological polar surface area (TPSA) is 129 Å². The van der Waals surface area contributed by atoms with Crippen molar-refractivity contribution in [2.24, 2.45) is 5.92 Å². The molecule has 0 saturated carbocycles. The summed E-state index contributed by atoms with van der Waals surface area (Å²) in [6, 6.07) is 29.4. The van der Waals surface area contributed by atoms with Crippen LogP contribution in [0.15, 0.2) is 97.1 Å². The molecule has 6 rings (SSSR count). The molecule has 0 aromatic heterocycles. The minimum Gasteiger partial charge on any atom is -0.543 e. The Labute approximate surface area is 357 Å². The lowest BCUT2D eigenvalue weighted by Gasteiger charge is -2.49. The van der Waals surface area contributed by atoms with Gasteiger partial charge in [0.15, 0.2) is 8.32 Å². The summed E-state index contributed by atoms with van der Waals surface area (Å²) in [5.74, 6) is 0.00789. The number of rotatable bonds is 13. The molecule has 9 nitrogen and oxygen atoms in total. The Morgan fingerprint density at radius 2 is 1.40 bits per heavy atom. The molecular weight excluding hydrogens is 794 g/mol. The summed E-state index contributed by atoms with van der Waals surface area (Å²) in [5, 5.41) is 41.5. The number of halogens is 1. The van der Waals surface area contributed by atoms with Crippen molar-refractivity contribution >= 4 is 28.2 Å². The van der Waals surface area contributed by atoms with Gasteiger partial charge in [0.25, 0.3) is 0 Å². The number of carbonyl (C=O) groups excluding carboxylic acids is 1. The zero-order valence-corrected chi connectivity index (χ0v) is 38.7. The van der Waals surface area contributed by atoms with E-state index in [1.165, 1.54) is 12.1 Å². The number of β-lactam (4-membered cyclic amide) rings is 1. The van der Waals surface area contributed by atoms with Crippen molar-refractivity contribution in [1.82, 2.24) is 0 Å². The Bertz CT molecular complexity index is 2100. The highest BCUT2D eigenvalue weighted by Crippen LogP contribution is 2.51. The molecule has 0 aliphatic carbocycles. The zero-order valence-electron chi connectivity index (χ0n) is 36.7. The molecule has 8 atom stereocenters. The van der Waals surface area contributed by atoms with Crippen LogP contribution < -0.4 is 9.33 Å². The summed E-state index contributed by atoms with van der Waals surface area (Å²) in [7, 11) is -4.73. The van der Waals surface area contributed by atoms with Gasteiger partial charge in [-0.25, -0.2) is 4.39 Å². The Morgan fingerprint density at radius 1 is 0.767 bits per heavy atom. The van der Waals surface area contributed by atoms with Gasteiger partial charge in [0, 0.05) is 11.3 Å². The van der Waals surface area contributed by atoms with Gasteiger partial charge in [0.1, 0.15) is 42.1 Å². The lowest BCUT2D eigenvalue weighted by Crippen LogP contribution is -2.55. The minimum absolute atomic E-state index is 0.0194. The first kappa shape index (κ1) is 45.8. The molecule has 324 valence electrons. The fourth-order valence-corrected chi connectivity index (χ4v) is 10.00. The lowest BCUT2D eigenvalue weighted by atomic mass is 9.77. The highest BCUT2D eigenvalue weighted by Gasteiger charge is 2.51. The first-order valence-electron chi connectivity index (χ1n) is 21.1. The number of ether oxygens (including phenoxy) is 1. The van der Waals surface area contributed by atoms with Gasteiger partial charge in [0.2, 0.25) is 14.2 Å². The number of aliphatic hydroxyl groups excluding tert-OH is 4. The first-order chi connectivity index (χ1) is 28.0. The molecule has 0 radical (unpaired) electrons. The third-order valence-electron chi connectivity index (χ3n) is 13.4. The van der Waals surface area contributed by atoms with Crippen molar-refractivity contribution < 1.29 is 43.2 Å². The molecule has 0 spiro atoms. The van der Waals surface area contributed by atoms with E-state index in [1.807, 2.05) is 65.6 Å². The largest absolute Gasteiger partial charge is 0.543 e. The van der Waals surface area contributed by atoms with E-state index >= 15 is 0 Å². The van der Waals surface area contributed by atoms with Crippen LogP contribution in [0.2, 0.25) is 36.3 Å². The summed E-state index contributed by atoms with van der Waals surface area (Å²) in [4.78, 5) is 16.3. The van der Waals surface area contributed by atoms with E-state index in [1.54, 1.807) is 18.2 Å². The maximum Gasteiger partial charge on any atom is 0.250 e. The van der Waals surface area contributed by atoms with E-state index in [0.717, 1.165) is 27.9 Å². The Morgan fingerprint density at radius 3 is 2.02 bits per heavy atom. The third-order valence-corrected chi connectivity index (χ3v) is 22.2. The quantitative estimate of drug-likeness (QED) is 0.0774. The summed E-state index contributed by atoms with van der Waals surface area (Å²) < 4.78 is 34.3. The monoisotopic (exact) mass is 857 g/mol. The second-order valence-corrected chi connectivity index (χ2v) is 29.1. The van der Waals surface area contributed by atoms with Crippen LogP contribution in [0.3, 0.4) is 0 Å². The molecule has 1 amide bonds. The van der Waals surface area contributed by atoms with Crippen LogP contribution in [0.5, 0.6) is 5.75 Å². The smallest absolute Gasteiger partial charge is 0.250 e.